The van der Waals surface area contributed by atoms with Crippen LogP contribution in [0.5, 0.6) is 0 Å². The SMILES string of the molecule is CCCC(CC)CC([NH])=O. The number of amides is 1. The van der Waals surface area contributed by atoms with Crippen molar-refractivity contribution in [1.82, 2.24) is 5.73 Å². The highest BCUT2D eigenvalue weighted by atomic mass is 16.1. The Morgan fingerprint density at radius 2 is 2.10 bits per heavy atom. The van der Waals surface area contributed by atoms with Gasteiger partial charge in [-0.2, -0.15) is 0 Å². The topological polar surface area (TPSA) is 40.9 Å². The van der Waals surface area contributed by atoms with E-state index in [4.69, 9.17) is 5.73 Å². The van der Waals surface area contributed by atoms with Crippen LogP contribution in [0.1, 0.15) is 39.5 Å². The molecular formula is C8H16NO. The lowest BCUT2D eigenvalue weighted by molar-refractivity contribution is -0.119. The van der Waals surface area contributed by atoms with Gasteiger partial charge in [0.15, 0.2) is 0 Å². The van der Waals surface area contributed by atoms with E-state index in [2.05, 4.69) is 13.8 Å². The number of rotatable bonds is 5. The standard InChI is InChI=1S/C8H16NO/c1-3-5-7(4-2)6-8(9)10/h7,9H,3-6H2,1-2H3. The van der Waals surface area contributed by atoms with Crippen LogP contribution < -0.4 is 5.73 Å². The van der Waals surface area contributed by atoms with Crippen LogP contribution >= 0.6 is 0 Å². The van der Waals surface area contributed by atoms with Gasteiger partial charge in [0.2, 0.25) is 5.91 Å². The van der Waals surface area contributed by atoms with Crippen molar-refractivity contribution in [3.05, 3.63) is 0 Å². The van der Waals surface area contributed by atoms with Crippen molar-refractivity contribution < 1.29 is 4.79 Å². The first-order valence-electron chi connectivity index (χ1n) is 3.95. The van der Waals surface area contributed by atoms with Crippen LogP contribution in [-0.2, 0) is 4.79 Å². The van der Waals surface area contributed by atoms with Gasteiger partial charge >= 0.3 is 0 Å². The smallest absolute Gasteiger partial charge is 0.238 e. The van der Waals surface area contributed by atoms with E-state index < -0.39 is 5.91 Å². The second-order valence-electron chi connectivity index (χ2n) is 2.69. The number of carbonyl (C=O) groups is 1. The molecule has 59 valence electrons. The number of hydrogen-bond donors (Lipinski definition) is 0. The molecule has 0 saturated carbocycles. The molecule has 0 aliphatic carbocycles. The normalized spacial score (nSPS) is 13.0. The lowest BCUT2D eigenvalue weighted by Crippen LogP contribution is -2.07. The molecule has 1 radical (unpaired) electrons. The molecule has 0 aliphatic rings. The second kappa shape index (κ2) is 5.27. The first-order chi connectivity index (χ1) is 4.70. The molecule has 0 fully saturated rings. The van der Waals surface area contributed by atoms with Gasteiger partial charge in [-0.3, -0.25) is 10.5 Å². The summed E-state index contributed by atoms with van der Waals surface area (Å²) in [5.41, 5.74) is 6.75. The van der Waals surface area contributed by atoms with Crippen LogP contribution in [0.2, 0.25) is 0 Å². The first kappa shape index (κ1) is 9.47. The number of carbonyl (C=O) groups excluding carboxylic acids is 1. The summed E-state index contributed by atoms with van der Waals surface area (Å²) >= 11 is 0. The van der Waals surface area contributed by atoms with Crippen molar-refractivity contribution >= 4 is 5.91 Å². The van der Waals surface area contributed by atoms with E-state index in [1.165, 1.54) is 0 Å². The molecule has 0 aromatic carbocycles. The highest BCUT2D eigenvalue weighted by molar-refractivity contribution is 5.73. The van der Waals surface area contributed by atoms with Gasteiger partial charge in [-0.15, -0.1) is 0 Å². The van der Waals surface area contributed by atoms with E-state index in [1.807, 2.05) is 0 Å². The van der Waals surface area contributed by atoms with Gasteiger partial charge in [0.25, 0.3) is 0 Å². The third-order valence-corrected chi connectivity index (χ3v) is 1.75. The molecule has 1 atom stereocenters. The van der Waals surface area contributed by atoms with Crippen molar-refractivity contribution in [2.75, 3.05) is 0 Å². The fourth-order valence-electron chi connectivity index (χ4n) is 1.12. The summed E-state index contributed by atoms with van der Waals surface area (Å²) in [4.78, 5) is 10.4. The van der Waals surface area contributed by atoms with Crippen molar-refractivity contribution in [1.29, 1.82) is 0 Å². The lowest BCUT2D eigenvalue weighted by atomic mass is 9.97. The minimum Gasteiger partial charge on any atom is -0.273 e. The Hall–Kier alpha value is -0.530. The molecule has 0 saturated heterocycles. The van der Waals surface area contributed by atoms with E-state index in [0.717, 1.165) is 19.3 Å². The molecule has 0 bridgehead atoms. The maximum absolute atomic E-state index is 10.4. The lowest BCUT2D eigenvalue weighted by Gasteiger charge is -2.09. The minimum atomic E-state index is -0.416. The average Bonchev–Trinajstić information content (AvgIpc) is 1.86. The third-order valence-electron chi connectivity index (χ3n) is 1.75. The van der Waals surface area contributed by atoms with Gasteiger partial charge in [-0.25, -0.2) is 0 Å². The molecule has 2 heteroatoms. The quantitative estimate of drug-likeness (QED) is 0.579. The van der Waals surface area contributed by atoms with Crippen LogP contribution in [0.4, 0.5) is 0 Å². The average molecular weight is 142 g/mol. The number of nitrogens with one attached hydrogen (secondary N) is 1. The summed E-state index contributed by atoms with van der Waals surface area (Å²) in [5.74, 6) is 0.0373. The van der Waals surface area contributed by atoms with Gasteiger partial charge in [-0.05, 0) is 5.92 Å². The Morgan fingerprint density at radius 3 is 2.40 bits per heavy atom. The Morgan fingerprint density at radius 1 is 1.50 bits per heavy atom. The molecule has 0 aromatic heterocycles. The highest BCUT2D eigenvalue weighted by Crippen LogP contribution is 2.14. The molecule has 0 heterocycles. The monoisotopic (exact) mass is 142 g/mol. The van der Waals surface area contributed by atoms with Crippen LogP contribution in [0.15, 0.2) is 0 Å². The van der Waals surface area contributed by atoms with E-state index >= 15 is 0 Å². The van der Waals surface area contributed by atoms with Crippen molar-refractivity contribution in [3.63, 3.8) is 0 Å². The van der Waals surface area contributed by atoms with Crippen LogP contribution in [-0.4, -0.2) is 5.91 Å². The Bertz CT molecular complexity index is 101. The maximum Gasteiger partial charge on any atom is 0.238 e. The van der Waals surface area contributed by atoms with Crippen molar-refractivity contribution in [2.45, 2.75) is 39.5 Å². The molecule has 10 heavy (non-hydrogen) atoms. The second-order valence-corrected chi connectivity index (χ2v) is 2.69. The molecule has 0 rings (SSSR count). The molecule has 1 amide bonds. The molecular weight excluding hydrogens is 126 g/mol. The van der Waals surface area contributed by atoms with E-state index in [9.17, 15) is 4.79 Å². The summed E-state index contributed by atoms with van der Waals surface area (Å²) in [7, 11) is 0. The van der Waals surface area contributed by atoms with Crippen LogP contribution in [0.3, 0.4) is 0 Å². The first-order valence-corrected chi connectivity index (χ1v) is 3.95. The predicted molar refractivity (Wildman–Crippen MR) is 41.4 cm³/mol. The van der Waals surface area contributed by atoms with Crippen LogP contribution in [0, 0.1) is 5.92 Å². The van der Waals surface area contributed by atoms with Crippen LogP contribution in [0.25, 0.3) is 0 Å². The highest BCUT2D eigenvalue weighted by Gasteiger charge is 2.07. The van der Waals surface area contributed by atoms with E-state index in [0.29, 0.717) is 12.3 Å². The maximum atomic E-state index is 10.4. The Balaban J connectivity index is 3.49. The molecule has 0 spiro atoms. The van der Waals surface area contributed by atoms with Gasteiger partial charge in [0.1, 0.15) is 0 Å². The van der Waals surface area contributed by atoms with Gasteiger partial charge < -0.3 is 0 Å². The van der Waals surface area contributed by atoms with Crippen molar-refractivity contribution in [3.8, 4) is 0 Å². The van der Waals surface area contributed by atoms with Crippen molar-refractivity contribution in [2.24, 2.45) is 5.92 Å². The Labute approximate surface area is 62.8 Å². The van der Waals surface area contributed by atoms with Gasteiger partial charge in [-0.1, -0.05) is 33.1 Å². The zero-order valence-corrected chi connectivity index (χ0v) is 6.81. The summed E-state index contributed by atoms with van der Waals surface area (Å²) < 4.78 is 0. The predicted octanol–water partition coefficient (Wildman–Crippen LogP) is 2.01. The molecule has 0 aromatic rings. The number of hydrogen-bond acceptors (Lipinski definition) is 1. The van der Waals surface area contributed by atoms with E-state index in [-0.39, 0.29) is 0 Å². The molecule has 2 nitrogen and oxygen atoms in total. The largest absolute Gasteiger partial charge is 0.273 e. The van der Waals surface area contributed by atoms with E-state index in [1.54, 1.807) is 0 Å². The van der Waals surface area contributed by atoms with Gasteiger partial charge in [0, 0.05) is 6.42 Å². The fourth-order valence-corrected chi connectivity index (χ4v) is 1.12. The summed E-state index contributed by atoms with van der Waals surface area (Å²) in [6, 6.07) is 0. The molecule has 1 unspecified atom stereocenters. The fraction of sp³-hybridized carbons (Fsp3) is 0.875. The van der Waals surface area contributed by atoms with Gasteiger partial charge in [0.05, 0.1) is 0 Å². The molecule has 1 N–H and O–H groups in total. The molecule has 0 aliphatic heterocycles. The summed E-state index contributed by atoms with van der Waals surface area (Å²) in [6.07, 6.45) is 3.68. The summed E-state index contributed by atoms with van der Waals surface area (Å²) in [5, 5.41) is 0. The minimum absolute atomic E-state index is 0.416. The third kappa shape index (κ3) is 4.36. The zero-order chi connectivity index (χ0) is 7.98. The summed E-state index contributed by atoms with van der Waals surface area (Å²) in [6.45, 7) is 4.18. The Kier molecular flexibility index (Phi) is 4.99. The zero-order valence-electron chi connectivity index (χ0n) is 6.81.